The number of methoxy groups -OCH3 is 1. The Morgan fingerprint density at radius 1 is 0.905 bits per heavy atom. The first-order valence-electron chi connectivity index (χ1n) is 17.0. The number of nitrogens with one attached hydrogen (secondary N) is 1. The summed E-state index contributed by atoms with van der Waals surface area (Å²) in [6.07, 6.45) is 24.2. The minimum absolute atomic E-state index is 0.432. The Hall–Kier alpha value is -1.87. The van der Waals surface area contributed by atoms with Crippen molar-refractivity contribution in [2.24, 2.45) is 0 Å². The van der Waals surface area contributed by atoms with Crippen LogP contribution in [-0.4, -0.2) is 56.2 Å². The largest absolute Gasteiger partial charge is 0.453 e. The molecule has 0 aromatic carbocycles. The molecular weight excluding hydrogens is 550 g/mol. The van der Waals surface area contributed by atoms with Crippen molar-refractivity contribution in [2.45, 2.75) is 154 Å². The molecule has 0 unspecified atom stereocenters. The number of alkyl carbamates (subject to hydrolysis) is 1. The van der Waals surface area contributed by atoms with E-state index in [4.69, 9.17) is 14.2 Å². The molecule has 42 heavy (non-hydrogen) atoms. The average molecular weight is 611 g/mol. The van der Waals surface area contributed by atoms with E-state index in [0.29, 0.717) is 26.1 Å². The van der Waals surface area contributed by atoms with E-state index in [0.717, 1.165) is 45.1 Å². The van der Waals surface area contributed by atoms with Crippen molar-refractivity contribution in [2.75, 3.05) is 26.8 Å². The molecule has 0 spiro atoms. The lowest BCUT2D eigenvalue weighted by atomic mass is 10.0. The van der Waals surface area contributed by atoms with E-state index in [1.54, 1.807) is 16.2 Å². The molecule has 1 aromatic rings. The highest BCUT2D eigenvalue weighted by atomic mass is 32.1. The van der Waals surface area contributed by atoms with E-state index in [1.165, 1.54) is 90.6 Å². The molecule has 8 nitrogen and oxygen atoms in total. The SMILES string of the molecule is CCCCCCCCCCCCCCCCCNC(=O)O[C@H]1CCCO[C@H]1N(CCCCC[n+]1ccsc1)C(=O)OC. The van der Waals surface area contributed by atoms with E-state index in [1.807, 2.05) is 0 Å². The van der Waals surface area contributed by atoms with Crippen LogP contribution in [0.3, 0.4) is 0 Å². The number of nitrogens with zero attached hydrogens (tertiary/aromatic N) is 2. The fourth-order valence-electron chi connectivity index (χ4n) is 5.59. The predicted molar refractivity (Wildman–Crippen MR) is 170 cm³/mol. The number of carbonyl (C=O) groups is 2. The van der Waals surface area contributed by atoms with E-state index in [9.17, 15) is 9.59 Å². The molecular formula is C33H60N3O5S+. The van der Waals surface area contributed by atoms with Crippen molar-refractivity contribution >= 4 is 23.5 Å². The zero-order valence-corrected chi connectivity index (χ0v) is 27.5. The molecule has 1 aliphatic heterocycles. The van der Waals surface area contributed by atoms with Gasteiger partial charge in [-0.05, 0) is 32.1 Å². The highest BCUT2D eigenvalue weighted by Crippen LogP contribution is 2.22. The summed E-state index contributed by atoms with van der Waals surface area (Å²) in [7, 11) is 1.38. The van der Waals surface area contributed by atoms with Gasteiger partial charge in [0.15, 0.2) is 12.4 Å². The average Bonchev–Trinajstić information content (AvgIpc) is 3.52. The molecule has 1 aliphatic rings. The predicted octanol–water partition coefficient (Wildman–Crippen LogP) is 8.38. The summed E-state index contributed by atoms with van der Waals surface area (Å²) >= 11 is 1.68. The Balaban J connectivity index is 1.54. The first-order chi connectivity index (χ1) is 20.7. The molecule has 1 fully saturated rings. The van der Waals surface area contributed by atoms with Gasteiger partial charge < -0.3 is 19.5 Å². The summed E-state index contributed by atoms with van der Waals surface area (Å²) in [6, 6.07) is 0. The normalized spacial score (nSPS) is 16.7. The lowest BCUT2D eigenvalue weighted by molar-refractivity contribution is -0.692. The molecule has 0 bridgehead atoms. The van der Waals surface area contributed by atoms with Gasteiger partial charge in [-0.1, -0.05) is 108 Å². The maximum absolute atomic E-state index is 12.6. The minimum atomic E-state index is -0.617. The molecule has 1 N–H and O–H groups in total. The number of aryl methyl sites for hydroxylation is 1. The van der Waals surface area contributed by atoms with Gasteiger partial charge in [0.2, 0.25) is 5.51 Å². The third-order valence-corrected chi connectivity index (χ3v) is 8.78. The number of carbonyl (C=O) groups excluding carboxylic acids is 2. The summed E-state index contributed by atoms with van der Waals surface area (Å²) in [5.41, 5.74) is 2.10. The molecule has 9 heteroatoms. The Morgan fingerprint density at radius 2 is 1.52 bits per heavy atom. The lowest BCUT2D eigenvalue weighted by Gasteiger charge is -2.38. The van der Waals surface area contributed by atoms with Crippen LogP contribution in [0.25, 0.3) is 0 Å². The van der Waals surface area contributed by atoms with Gasteiger partial charge >= 0.3 is 12.2 Å². The first kappa shape index (κ1) is 36.3. The van der Waals surface area contributed by atoms with Crippen LogP contribution in [0.15, 0.2) is 17.1 Å². The van der Waals surface area contributed by atoms with Crippen molar-refractivity contribution in [3.8, 4) is 0 Å². The minimum Gasteiger partial charge on any atom is -0.453 e. The standard InChI is InChI=1S/C33H59N3O5S/c1-3-4-5-6-7-8-9-10-11-12-13-14-15-16-18-23-34-32(37)41-30-22-21-27-40-31(30)36(33(38)39-2)25-20-17-19-24-35-26-28-42-29-35/h26,28-31H,3-25,27H2,1-2H3/p+1/t30-,31+/m0/s1. The lowest BCUT2D eigenvalue weighted by Crippen LogP contribution is -2.53. The fourth-order valence-corrected chi connectivity index (χ4v) is 6.22. The van der Waals surface area contributed by atoms with Crippen molar-refractivity contribution in [3.63, 3.8) is 0 Å². The molecule has 242 valence electrons. The van der Waals surface area contributed by atoms with Gasteiger partial charge in [0.05, 0.1) is 12.5 Å². The quantitative estimate of drug-likeness (QED) is 0.0939. The maximum atomic E-state index is 12.6. The summed E-state index contributed by atoms with van der Waals surface area (Å²) in [5.74, 6) is 0. The van der Waals surface area contributed by atoms with Crippen LogP contribution in [0, 0.1) is 0 Å². The summed E-state index contributed by atoms with van der Waals surface area (Å²) in [6.45, 7) is 4.89. The monoisotopic (exact) mass is 610 g/mol. The number of amides is 2. The molecule has 0 aliphatic carbocycles. The van der Waals surface area contributed by atoms with Crippen LogP contribution in [0.2, 0.25) is 0 Å². The second-order valence-electron chi connectivity index (χ2n) is 11.7. The van der Waals surface area contributed by atoms with Gasteiger partial charge in [0.25, 0.3) is 0 Å². The number of aromatic nitrogens is 1. The number of rotatable bonds is 24. The molecule has 2 atom stereocenters. The van der Waals surface area contributed by atoms with Crippen molar-refractivity contribution in [1.82, 2.24) is 10.2 Å². The van der Waals surface area contributed by atoms with Crippen LogP contribution >= 0.6 is 11.3 Å². The van der Waals surface area contributed by atoms with Gasteiger partial charge in [-0.3, -0.25) is 4.90 Å². The van der Waals surface area contributed by atoms with Gasteiger partial charge in [0, 0.05) is 26.1 Å². The third kappa shape index (κ3) is 16.7. The Morgan fingerprint density at radius 3 is 2.12 bits per heavy atom. The molecule has 0 radical (unpaired) electrons. The highest BCUT2D eigenvalue weighted by Gasteiger charge is 2.37. The molecule has 1 aromatic heterocycles. The number of ether oxygens (including phenoxy) is 3. The molecule has 2 amide bonds. The Bertz CT molecular complexity index is 795. The van der Waals surface area contributed by atoms with Crippen molar-refractivity contribution < 1.29 is 28.4 Å². The van der Waals surface area contributed by atoms with Gasteiger partial charge in [-0.25, -0.2) is 9.59 Å². The number of hydrogen-bond acceptors (Lipinski definition) is 6. The molecule has 0 saturated carbocycles. The smallest absolute Gasteiger partial charge is 0.411 e. The van der Waals surface area contributed by atoms with Crippen LogP contribution < -0.4 is 9.88 Å². The Kier molecular flexibility index (Phi) is 21.2. The first-order valence-corrected chi connectivity index (χ1v) is 17.9. The van der Waals surface area contributed by atoms with Crippen LogP contribution in [0.1, 0.15) is 135 Å². The Labute approximate surface area is 259 Å². The zero-order chi connectivity index (χ0) is 30.1. The summed E-state index contributed by atoms with van der Waals surface area (Å²) in [4.78, 5) is 26.7. The van der Waals surface area contributed by atoms with Crippen LogP contribution in [0.5, 0.6) is 0 Å². The fraction of sp³-hybridized carbons (Fsp3) is 0.848. The van der Waals surface area contributed by atoms with Gasteiger partial charge in [0.1, 0.15) is 12.6 Å². The third-order valence-electron chi connectivity index (χ3n) is 8.11. The number of thiazole rings is 1. The second kappa shape index (κ2) is 24.6. The summed E-state index contributed by atoms with van der Waals surface area (Å²) < 4.78 is 18.9. The van der Waals surface area contributed by atoms with E-state index >= 15 is 0 Å². The van der Waals surface area contributed by atoms with Crippen LogP contribution in [0.4, 0.5) is 9.59 Å². The molecule has 2 rings (SSSR count). The van der Waals surface area contributed by atoms with E-state index in [2.05, 4.69) is 33.9 Å². The molecule has 1 saturated heterocycles. The topological polar surface area (TPSA) is 81.0 Å². The van der Waals surface area contributed by atoms with E-state index in [-0.39, 0.29) is 0 Å². The van der Waals surface area contributed by atoms with Crippen molar-refractivity contribution in [1.29, 1.82) is 0 Å². The van der Waals surface area contributed by atoms with Gasteiger partial charge in [-0.2, -0.15) is 4.57 Å². The maximum Gasteiger partial charge on any atom is 0.411 e. The zero-order valence-electron chi connectivity index (χ0n) is 26.7. The molecule has 2 heterocycles. The summed E-state index contributed by atoms with van der Waals surface area (Å²) in [5, 5.41) is 4.97. The van der Waals surface area contributed by atoms with E-state index < -0.39 is 24.5 Å². The second-order valence-corrected chi connectivity index (χ2v) is 12.5. The van der Waals surface area contributed by atoms with Gasteiger partial charge in [-0.15, -0.1) is 0 Å². The highest BCUT2D eigenvalue weighted by molar-refractivity contribution is 7.07. The number of hydrogen-bond donors (Lipinski definition) is 1. The van der Waals surface area contributed by atoms with Crippen LogP contribution in [-0.2, 0) is 20.8 Å². The van der Waals surface area contributed by atoms with Crippen molar-refractivity contribution in [3.05, 3.63) is 17.1 Å². The number of unbranched alkanes of at least 4 members (excludes halogenated alkanes) is 16.